The minimum absolute atomic E-state index is 0.0749. The normalized spacial score (nSPS) is 10.1. The molecule has 4 N–H and O–H groups in total. The van der Waals surface area contributed by atoms with Gasteiger partial charge in [-0.2, -0.15) is 0 Å². The highest BCUT2D eigenvalue weighted by Gasteiger charge is 2.16. The predicted octanol–water partition coefficient (Wildman–Crippen LogP) is 1.17. The predicted molar refractivity (Wildman–Crippen MR) is 72.1 cm³/mol. The molecule has 0 aliphatic rings. The third kappa shape index (κ3) is 2.91. The Bertz CT molecular complexity index is 665. The molecule has 0 aliphatic heterocycles. The summed E-state index contributed by atoms with van der Waals surface area (Å²) in [4.78, 5) is 22.8. The SMILES string of the molecule is CC(=O)Nc1ccc(NC(=O)c2nonc2N)cc1C. The number of hydrogen-bond acceptors (Lipinski definition) is 6. The zero-order chi connectivity index (χ0) is 14.7. The van der Waals surface area contributed by atoms with Crippen LogP contribution < -0.4 is 16.4 Å². The molecule has 2 amide bonds. The number of benzene rings is 1. The smallest absolute Gasteiger partial charge is 0.281 e. The Morgan fingerprint density at radius 2 is 2.00 bits per heavy atom. The van der Waals surface area contributed by atoms with E-state index in [4.69, 9.17) is 5.73 Å². The van der Waals surface area contributed by atoms with Crippen molar-refractivity contribution in [2.45, 2.75) is 13.8 Å². The van der Waals surface area contributed by atoms with Gasteiger partial charge in [0.15, 0.2) is 0 Å². The Hall–Kier alpha value is -2.90. The highest BCUT2D eigenvalue weighted by Crippen LogP contribution is 2.20. The molecule has 104 valence electrons. The number of carbonyl (C=O) groups excluding carboxylic acids is 2. The minimum Gasteiger partial charge on any atom is -0.379 e. The molecule has 1 heterocycles. The second kappa shape index (κ2) is 5.39. The first-order chi connectivity index (χ1) is 9.47. The third-order valence-corrected chi connectivity index (χ3v) is 2.52. The van der Waals surface area contributed by atoms with Crippen LogP contribution in [-0.4, -0.2) is 22.1 Å². The monoisotopic (exact) mass is 275 g/mol. The lowest BCUT2D eigenvalue weighted by Crippen LogP contribution is -2.14. The molecule has 20 heavy (non-hydrogen) atoms. The van der Waals surface area contributed by atoms with Crippen molar-refractivity contribution in [2.24, 2.45) is 0 Å². The summed E-state index contributed by atoms with van der Waals surface area (Å²) in [6, 6.07) is 5.06. The lowest BCUT2D eigenvalue weighted by molar-refractivity contribution is -0.114. The molecule has 8 heteroatoms. The Labute approximate surface area is 114 Å². The molecule has 0 aliphatic carbocycles. The summed E-state index contributed by atoms with van der Waals surface area (Å²) in [5.41, 5.74) is 7.39. The number of nitrogen functional groups attached to an aromatic ring is 1. The first kappa shape index (κ1) is 13.5. The lowest BCUT2D eigenvalue weighted by Gasteiger charge is -2.09. The van der Waals surface area contributed by atoms with Crippen molar-refractivity contribution in [3.05, 3.63) is 29.5 Å². The molecule has 0 unspecified atom stereocenters. The van der Waals surface area contributed by atoms with E-state index in [2.05, 4.69) is 25.6 Å². The number of anilines is 3. The number of aryl methyl sites for hydroxylation is 1. The summed E-state index contributed by atoms with van der Waals surface area (Å²) in [7, 11) is 0. The zero-order valence-electron chi connectivity index (χ0n) is 10.9. The third-order valence-electron chi connectivity index (χ3n) is 2.52. The van der Waals surface area contributed by atoms with Gasteiger partial charge in [0.05, 0.1) is 0 Å². The fourth-order valence-corrected chi connectivity index (χ4v) is 1.61. The van der Waals surface area contributed by atoms with E-state index in [0.717, 1.165) is 5.56 Å². The van der Waals surface area contributed by atoms with Gasteiger partial charge in [-0.25, -0.2) is 4.63 Å². The van der Waals surface area contributed by atoms with Crippen LogP contribution in [0, 0.1) is 6.92 Å². The summed E-state index contributed by atoms with van der Waals surface area (Å²) < 4.78 is 4.36. The van der Waals surface area contributed by atoms with Crippen LogP contribution in [0.1, 0.15) is 23.0 Å². The van der Waals surface area contributed by atoms with Gasteiger partial charge in [0.2, 0.25) is 17.4 Å². The fraction of sp³-hybridized carbons (Fsp3) is 0.167. The maximum atomic E-state index is 11.8. The van der Waals surface area contributed by atoms with E-state index in [-0.39, 0.29) is 17.4 Å². The largest absolute Gasteiger partial charge is 0.379 e. The highest BCUT2D eigenvalue weighted by molar-refractivity contribution is 6.05. The Morgan fingerprint density at radius 3 is 2.55 bits per heavy atom. The maximum absolute atomic E-state index is 11.8. The van der Waals surface area contributed by atoms with Crippen molar-refractivity contribution >= 4 is 29.0 Å². The molecule has 0 saturated heterocycles. The number of aromatic nitrogens is 2. The molecule has 1 aromatic carbocycles. The van der Waals surface area contributed by atoms with Crippen LogP contribution in [0.15, 0.2) is 22.8 Å². The van der Waals surface area contributed by atoms with E-state index >= 15 is 0 Å². The quantitative estimate of drug-likeness (QED) is 0.772. The average Bonchev–Trinajstić information content (AvgIpc) is 2.78. The number of hydrogen-bond donors (Lipinski definition) is 3. The number of nitrogens with two attached hydrogens (primary N) is 1. The van der Waals surface area contributed by atoms with Gasteiger partial charge in [0.1, 0.15) is 0 Å². The summed E-state index contributed by atoms with van der Waals surface area (Å²) in [6.07, 6.45) is 0. The van der Waals surface area contributed by atoms with Crippen molar-refractivity contribution in [1.82, 2.24) is 10.3 Å². The molecule has 0 radical (unpaired) electrons. The molecule has 8 nitrogen and oxygen atoms in total. The van der Waals surface area contributed by atoms with Crippen molar-refractivity contribution in [1.29, 1.82) is 0 Å². The first-order valence-corrected chi connectivity index (χ1v) is 5.75. The summed E-state index contributed by atoms with van der Waals surface area (Å²) >= 11 is 0. The van der Waals surface area contributed by atoms with Crippen LogP contribution in [0.2, 0.25) is 0 Å². The number of amides is 2. The number of nitrogens with zero attached hydrogens (tertiary/aromatic N) is 2. The van der Waals surface area contributed by atoms with Crippen molar-refractivity contribution in [2.75, 3.05) is 16.4 Å². The summed E-state index contributed by atoms with van der Waals surface area (Å²) in [5, 5.41) is 12.0. The van der Waals surface area contributed by atoms with E-state index in [1.807, 2.05) is 6.92 Å². The van der Waals surface area contributed by atoms with E-state index < -0.39 is 5.91 Å². The topological polar surface area (TPSA) is 123 Å². The molecule has 0 spiro atoms. The van der Waals surface area contributed by atoms with Crippen LogP contribution in [0.5, 0.6) is 0 Å². The molecule has 1 aromatic heterocycles. The Morgan fingerprint density at radius 1 is 1.25 bits per heavy atom. The number of rotatable bonds is 3. The van der Waals surface area contributed by atoms with Crippen LogP contribution in [0.4, 0.5) is 17.2 Å². The van der Waals surface area contributed by atoms with E-state index in [1.165, 1.54) is 6.92 Å². The Balaban J connectivity index is 2.15. The maximum Gasteiger partial charge on any atom is 0.281 e. The average molecular weight is 275 g/mol. The number of nitrogens with one attached hydrogen (secondary N) is 2. The van der Waals surface area contributed by atoms with Gasteiger partial charge < -0.3 is 16.4 Å². The van der Waals surface area contributed by atoms with Crippen LogP contribution >= 0.6 is 0 Å². The van der Waals surface area contributed by atoms with Gasteiger partial charge in [-0.15, -0.1) is 0 Å². The van der Waals surface area contributed by atoms with Gasteiger partial charge >= 0.3 is 0 Å². The Kier molecular flexibility index (Phi) is 3.65. The fourth-order valence-electron chi connectivity index (χ4n) is 1.61. The standard InChI is InChI=1S/C12H13N5O3/c1-6-5-8(3-4-9(6)14-7(2)18)15-12(19)10-11(13)17-20-16-10/h3-5H,1-2H3,(H2,13,17)(H,14,18)(H,15,19). The first-order valence-electron chi connectivity index (χ1n) is 5.75. The van der Waals surface area contributed by atoms with Gasteiger partial charge in [0, 0.05) is 18.3 Å². The lowest BCUT2D eigenvalue weighted by atomic mass is 10.1. The van der Waals surface area contributed by atoms with Crippen LogP contribution in [-0.2, 0) is 4.79 Å². The van der Waals surface area contributed by atoms with Crippen molar-refractivity contribution in [3.8, 4) is 0 Å². The second-order valence-corrected chi connectivity index (χ2v) is 4.16. The molecule has 0 saturated carbocycles. The van der Waals surface area contributed by atoms with E-state index in [1.54, 1.807) is 18.2 Å². The van der Waals surface area contributed by atoms with E-state index in [9.17, 15) is 9.59 Å². The van der Waals surface area contributed by atoms with Crippen LogP contribution in [0.25, 0.3) is 0 Å². The molecule has 0 fully saturated rings. The highest BCUT2D eigenvalue weighted by atomic mass is 16.6. The summed E-state index contributed by atoms with van der Waals surface area (Å²) in [5.74, 6) is -0.754. The number of carbonyl (C=O) groups is 2. The summed E-state index contributed by atoms with van der Waals surface area (Å²) in [6.45, 7) is 3.24. The van der Waals surface area contributed by atoms with Gasteiger partial charge in [-0.05, 0) is 41.0 Å². The van der Waals surface area contributed by atoms with Gasteiger partial charge in [0.25, 0.3) is 5.91 Å². The molecular formula is C12H13N5O3. The second-order valence-electron chi connectivity index (χ2n) is 4.16. The van der Waals surface area contributed by atoms with Crippen molar-refractivity contribution < 1.29 is 14.2 Å². The van der Waals surface area contributed by atoms with E-state index in [0.29, 0.717) is 11.4 Å². The molecule has 2 rings (SSSR count). The van der Waals surface area contributed by atoms with Gasteiger partial charge in [-0.3, -0.25) is 9.59 Å². The zero-order valence-corrected chi connectivity index (χ0v) is 10.9. The molecule has 0 atom stereocenters. The molecule has 2 aromatic rings. The van der Waals surface area contributed by atoms with Gasteiger partial charge in [-0.1, -0.05) is 0 Å². The minimum atomic E-state index is -0.518. The molecule has 0 bridgehead atoms. The van der Waals surface area contributed by atoms with Crippen molar-refractivity contribution in [3.63, 3.8) is 0 Å². The van der Waals surface area contributed by atoms with Crippen LogP contribution in [0.3, 0.4) is 0 Å². The molecular weight excluding hydrogens is 262 g/mol.